The number of rotatable bonds is 8. The van der Waals surface area contributed by atoms with Crippen molar-refractivity contribution >= 4 is 21.6 Å². The van der Waals surface area contributed by atoms with Crippen molar-refractivity contribution in [2.75, 3.05) is 0 Å². The van der Waals surface area contributed by atoms with Gasteiger partial charge in [0, 0.05) is 0 Å². The summed E-state index contributed by atoms with van der Waals surface area (Å²) < 4.78 is 6.80. The van der Waals surface area contributed by atoms with Crippen molar-refractivity contribution in [2.45, 2.75) is 70.6 Å². The Morgan fingerprint density at radius 3 is 1.89 bits per heavy atom. The zero-order valence-corrected chi connectivity index (χ0v) is 20.8. The van der Waals surface area contributed by atoms with E-state index in [0.29, 0.717) is 0 Å². The molecular formula is C25H38OSi2. The monoisotopic (exact) mass is 410 g/mol. The molecule has 2 rings (SSSR count). The Balaban J connectivity index is 2.10. The van der Waals surface area contributed by atoms with E-state index < -0.39 is 16.4 Å². The van der Waals surface area contributed by atoms with Crippen LogP contribution in [0, 0.1) is 0 Å². The fourth-order valence-electron chi connectivity index (χ4n) is 3.06. The van der Waals surface area contributed by atoms with Crippen molar-refractivity contribution < 1.29 is 4.43 Å². The maximum Gasteiger partial charge on any atom is 0.192 e. The highest BCUT2D eigenvalue weighted by atomic mass is 28.4. The van der Waals surface area contributed by atoms with E-state index in [2.05, 4.69) is 120 Å². The Labute approximate surface area is 175 Å². The van der Waals surface area contributed by atoms with Crippen LogP contribution in [0.15, 0.2) is 72.8 Å². The minimum absolute atomic E-state index is 0.139. The van der Waals surface area contributed by atoms with Crippen LogP contribution in [0.3, 0.4) is 0 Å². The summed E-state index contributed by atoms with van der Waals surface area (Å²) in [7, 11) is -3.25. The Hall–Kier alpha value is -1.43. The molecule has 0 aliphatic heterocycles. The third-order valence-electron chi connectivity index (χ3n) is 6.11. The molecule has 0 spiro atoms. The van der Waals surface area contributed by atoms with Gasteiger partial charge in [-0.05, 0) is 36.2 Å². The smallest absolute Gasteiger partial charge is 0.192 e. The van der Waals surface area contributed by atoms with E-state index in [1.165, 1.54) is 16.8 Å². The average Bonchev–Trinajstić information content (AvgIpc) is 2.64. The van der Waals surface area contributed by atoms with E-state index in [4.69, 9.17) is 4.43 Å². The molecule has 0 saturated heterocycles. The van der Waals surface area contributed by atoms with Crippen LogP contribution in [0.5, 0.6) is 0 Å². The first-order valence-corrected chi connectivity index (χ1v) is 16.6. The van der Waals surface area contributed by atoms with Gasteiger partial charge in [-0.3, -0.25) is 0 Å². The Kier molecular flexibility index (Phi) is 7.66. The lowest BCUT2D eigenvalue weighted by Gasteiger charge is -2.39. The molecule has 0 bridgehead atoms. The van der Waals surface area contributed by atoms with Gasteiger partial charge in [0.25, 0.3) is 0 Å². The summed E-state index contributed by atoms with van der Waals surface area (Å²) in [6.07, 6.45) is 5.82. The fraction of sp³-hybridized carbons (Fsp3) is 0.440. The van der Waals surface area contributed by atoms with Crippen LogP contribution in [0.2, 0.25) is 37.3 Å². The largest absolute Gasteiger partial charge is 0.410 e. The molecule has 0 amide bonds. The molecule has 0 aliphatic rings. The molecule has 0 radical (unpaired) electrons. The maximum atomic E-state index is 6.80. The summed E-state index contributed by atoms with van der Waals surface area (Å²) in [6, 6.07) is 22.9. The van der Waals surface area contributed by atoms with Crippen LogP contribution in [0.25, 0.3) is 0 Å². The molecule has 28 heavy (non-hydrogen) atoms. The molecule has 0 heterocycles. The first-order valence-electron chi connectivity index (χ1n) is 10.5. The zero-order valence-electron chi connectivity index (χ0n) is 18.8. The van der Waals surface area contributed by atoms with Gasteiger partial charge in [-0.1, -0.05) is 112 Å². The van der Waals surface area contributed by atoms with Gasteiger partial charge in [-0.15, -0.1) is 0 Å². The van der Waals surface area contributed by atoms with Crippen LogP contribution >= 0.6 is 0 Å². The van der Waals surface area contributed by atoms with Crippen LogP contribution in [0.1, 0.15) is 38.9 Å². The molecular weight excluding hydrogens is 372 g/mol. The molecule has 0 saturated carbocycles. The van der Waals surface area contributed by atoms with Crippen molar-refractivity contribution in [2.24, 2.45) is 0 Å². The van der Waals surface area contributed by atoms with Crippen molar-refractivity contribution in [3.8, 4) is 0 Å². The number of hydrogen-bond donors (Lipinski definition) is 0. The van der Waals surface area contributed by atoms with Gasteiger partial charge in [0.05, 0.1) is 14.2 Å². The highest BCUT2D eigenvalue weighted by Crippen LogP contribution is 2.40. The number of hydrogen-bond acceptors (Lipinski definition) is 1. The average molecular weight is 411 g/mol. The van der Waals surface area contributed by atoms with Crippen LogP contribution in [0.4, 0.5) is 0 Å². The van der Waals surface area contributed by atoms with E-state index in [1.54, 1.807) is 0 Å². The summed E-state index contributed by atoms with van der Waals surface area (Å²) in [5.74, 6) is 0. The lowest BCUT2D eigenvalue weighted by atomic mass is 10.1. The molecule has 152 valence electrons. The molecule has 1 unspecified atom stereocenters. The molecule has 1 nitrogen and oxygen atoms in total. The van der Waals surface area contributed by atoms with E-state index in [-0.39, 0.29) is 11.1 Å². The standard InChI is InChI=1S/C25H38OSi2/c1-25(2,3)28(6,7)26-24(22-16-10-8-11-17-22)20-14-15-21-27(4,5)23-18-12-9-13-19-23/h8-19,24H,20-21H2,1-7H3/b15-14+. The third kappa shape index (κ3) is 6.30. The van der Waals surface area contributed by atoms with E-state index in [0.717, 1.165) is 6.42 Å². The molecule has 0 aliphatic carbocycles. The highest BCUT2D eigenvalue weighted by molar-refractivity contribution is 6.90. The molecule has 0 fully saturated rings. The van der Waals surface area contributed by atoms with E-state index in [1.807, 2.05) is 0 Å². The number of benzene rings is 2. The number of allylic oxidation sites excluding steroid dienone is 1. The summed E-state index contributed by atoms with van der Waals surface area (Å²) >= 11 is 0. The van der Waals surface area contributed by atoms with Gasteiger partial charge < -0.3 is 4.43 Å². The maximum absolute atomic E-state index is 6.80. The predicted octanol–water partition coefficient (Wildman–Crippen LogP) is 7.31. The lowest BCUT2D eigenvalue weighted by Crippen LogP contribution is -2.41. The first kappa shape index (κ1) is 22.9. The predicted molar refractivity (Wildman–Crippen MR) is 130 cm³/mol. The summed E-state index contributed by atoms with van der Waals surface area (Å²) in [6.45, 7) is 16.5. The van der Waals surface area contributed by atoms with Gasteiger partial charge in [0.1, 0.15) is 0 Å². The minimum Gasteiger partial charge on any atom is -0.410 e. The fourth-order valence-corrected chi connectivity index (χ4v) is 6.44. The van der Waals surface area contributed by atoms with Crippen LogP contribution in [-0.4, -0.2) is 16.4 Å². The van der Waals surface area contributed by atoms with Gasteiger partial charge >= 0.3 is 0 Å². The molecule has 3 heteroatoms. The lowest BCUT2D eigenvalue weighted by molar-refractivity contribution is 0.186. The molecule has 0 aromatic heterocycles. The summed E-state index contributed by atoms with van der Waals surface area (Å²) in [5.41, 5.74) is 1.29. The second-order valence-corrected chi connectivity index (χ2v) is 19.4. The molecule has 0 N–H and O–H groups in total. The van der Waals surface area contributed by atoms with Crippen LogP contribution in [-0.2, 0) is 4.43 Å². The highest BCUT2D eigenvalue weighted by Gasteiger charge is 2.39. The molecule has 2 aromatic rings. The summed E-state index contributed by atoms with van der Waals surface area (Å²) in [4.78, 5) is 0. The zero-order chi connectivity index (χ0) is 20.8. The van der Waals surface area contributed by atoms with Gasteiger partial charge in [0.2, 0.25) is 0 Å². The SMILES string of the molecule is CC(C)(C)[Si](C)(C)OC(C/C=C/C[Si](C)(C)c1ccccc1)c1ccccc1. The van der Waals surface area contributed by atoms with Crippen molar-refractivity contribution in [1.29, 1.82) is 0 Å². The quantitative estimate of drug-likeness (QED) is 0.327. The van der Waals surface area contributed by atoms with Gasteiger partial charge in [-0.25, -0.2) is 0 Å². The topological polar surface area (TPSA) is 9.23 Å². The van der Waals surface area contributed by atoms with E-state index >= 15 is 0 Å². The second-order valence-electron chi connectivity index (χ2n) is 9.94. The first-order chi connectivity index (χ1) is 13.0. The van der Waals surface area contributed by atoms with Crippen LogP contribution < -0.4 is 5.19 Å². The molecule has 2 aromatic carbocycles. The minimum atomic E-state index is -1.83. The normalized spacial score (nSPS) is 14.4. The second kappa shape index (κ2) is 9.38. The van der Waals surface area contributed by atoms with E-state index in [9.17, 15) is 0 Å². The third-order valence-corrected chi connectivity index (χ3v) is 13.8. The van der Waals surface area contributed by atoms with Crippen molar-refractivity contribution in [1.82, 2.24) is 0 Å². The Morgan fingerprint density at radius 1 is 0.821 bits per heavy atom. The van der Waals surface area contributed by atoms with Crippen molar-refractivity contribution in [3.05, 3.63) is 78.4 Å². The van der Waals surface area contributed by atoms with Gasteiger partial charge in [-0.2, -0.15) is 0 Å². The summed E-state index contributed by atoms with van der Waals surface area (Å²) in [5, 5.41) is 1.74. The van der Waals surface area contributed by atoms with Crippen molar-refractivity contribution in [3.63, 3.8) is 0 Å². The van der Waals surface area contributed by atoms with Gasteiger partial charge in [0.15, 0.2) is 8.32 Å². The molecule has 1 atom stereocenters. The Bertz CT molecular complexity index is 743. The Morgan fingerprint density at radius 2 is 1.36 bits per heavy atom.